The number of aromatic hydroxyl groups is 1. The minimum Gasteiger partial charge on any atom is -0.507 e. The van der Waals surface area contributed by atoms with E-state index in [2.05, 4.69) is 16.0 Å². The van der Waals surface area contributed by atoms with Crippen molar-refractivity contribution in [1.29, 1.82) is 0 Å². The van der Waals surface area contributed by atoms with Gasteiger partial charge in [-0.25, -0.2) is 0 Å². The molecular formula is C18H21N3O2S. The Balaban J connectivity index is 1.77. The number of para-hydroxylation sites is 2. The number of carbonyl (C=O) groups is 1. The van der Waals surface area contributed by atoms with E-state index in [0.717, 1.165) is 16.8 Å². The molecule has 24 heavy (non-hydrogen) atoms. The lowest BCUT2D eigenvalue weighted by Crippen LogP contribution is -2.36. The Bertz CT molecular complexity index is 727. The highest BCUT2D eigenvalue weighted by Crippen LogP contribution is 2.19. The quantitative estimate of drug-likeness (QED) is 0.496. The molecule has 0 unspecified atom stereocenters. The third kappa shape index (κ3) is 4.70. The van der Waals surface area contributed by atoms with Crippen molar-refractivity contribution in [2.24, 2.45) is 0 Å². The number of hydrogen-bond acceptors (Lipinski definition) is 3. The van der Waals surface area contributed by atoms with Gasteiger partial charge in [0.2, 0.25) is 0 Å². The Hall–Kier alpha value is -2.60. The van der Waals surface area contributed by atoms with Crippen LogP contribution in [0.4, 0.5) is 5.69 Å². The number of phenols is 1. The first kappa shape index (κ1) is 17.7. The van der Waals surface area contributed by atoms with Crippen molar-refractivity contribution in [2.45, 2.75) is 13.8 Å². The molecule has 126 valence electrons. The topological polar surface area (TPSA) is 73.4 Å². The standard InChI is InChI=1S/C18H21N3O2S/c1-12-6-5-7-13(2)16(12)21-18(24)20-11-10-19-17(23)14-8-3-4-9-15(14)22/h3-9,22H,10-11H2,1-2H3,(H,19,23)(H2,20,21,24). The maximum absolute atomic E-state index is 11.9. The summed E-state index contributed by atoms with van der Waals surface area (Å²) < 4.78 is 0. The van der Waals surface area contributed by atoms with E-state index in [4.69, 9.17) is 12.2 Å². The van der Waals surface area contributed by atoms with E-state index in [1.807, 2.05) is 32.0 Å². The molecule has 0 atom stereocenters. The SMILES string of the molecule is Cc1cccc(C)c1NC(=S)NCCNC(=O)c1ccccc1O. The number of carbonyl (C=O) groups excluding carboxylic acids is 1. The molecule has 0 saturated carbocycles. The van der Waals surface area contributed by atoms with Crippen molar-refractivity contribution < 1.29 is 9.90 Å². The first-order valence-electron chi connectivity index (χ1n) is 7.66. The smallest absolute Gasteiger partial charge is 0.255 e. The molecule has 0 radical (unpaired) electrons. The molecule has 1 amide bonds. The van der Waals surface area contributed by atoms with Gasteiger partial charge in [-0.2, -0.15) is 0 Å². The van der Waals surface area contributed by atoms with Gasteiger partial charge in [-0.15, -0.1) is 0 Å². The number of amides is 1. The maximum atomic E-state index is 11.9. The van der Waals surface area contributed by atoms with Crippen molar-refractivity contribution in [1.82, 2.24) is 10.6 Å². The Morgan fingerprint density at radius 2 is 1.62 bits per heavy atom. The lowest BCUT2D eigenvalue weighted by molar-refractivity contribution is 0.0951. The minimum absolute atomic E-state index is 0.0322. The van der Waals surface area contributed by atoms with Gasteiger partial charge < -0.3 is 21.1 Å². The summed E-state index contributed by atoms with van der Waals surface area (Å²) in [4.78, 5) is 11.9. The molecule has 4 N–H and O–H groups in total. The van der Waals surface area contributed by atoms with Crippen LogP contribution in [0, 0.1) is 13.8 Å². The second-order valence-electron chi connectivity index (χ2n) is 5.42. The fraction of sp³-hybridized carbons (Fsp3) is 0.222. The fourth-order valence-corrected chi connectivity index (χ4v) is 2.49. The van der Waals surface area contributed by atoms with Crippen LogP contribution in [0.3, 0.4) is 0 Å². The molecule has 0 aromatic heterocycles. The summed E-state index contributed by atoms with van der Waals surface area (Å²) in [5.74, 6) is -0.348. The number of hydrogen-bond donors (Lipinski definition) is 4. The highest BCUT2D eigenvalue weighted by Gasteiger charge is 2.09. The van der Waals surface area contributed by atoms with Gasteiger partial charge in [0, 0.05) is 18.8 Å². The Morgan fingerprint density at radius 1 is 1.00 bits per heavy atom. The second kappa shape index (κ2) is 8.31. The predicted molar refractivity (Wildman–Crippen MR) is 101 cm³/mol. The highest BCUT2D eigenvalue weighted by atomic mass is 32.1. The number of thiocarbonyl (C=S) groups is 1. The van der Waals surface area contributed by atoms with Gasteiger partial charge >= 0.3 is 0 Å². The van der Waals surface area contributed by atoms with Gasteiger partial charge in [0.15, 0.2) is 5.11 Å². The molecule has 0 aliphatic heterocycles. The molecule has 0 fully saturated rings. The van der Waals surface area contributed by atoms with E-state index >= 15 is 0 Å². The minimum atomic E-state index is -0.316. The Labute approximate surface area is 147 Å². The zero-order valence-corrected chi connectivity index (χ0v) is 14.5. The molecule has 0 saturated heterocycles. The fourth-order valence-electron chi connectivity index (χ4n) is 2.28. The van der Waals surface area contributed by atoms with Crippen LogP contribution in [-0.4, -0.2) is 29.2 Å². The number of anilines is 1. The highest BCUT2D eigenvalue weighted by molar-refractivity contribution is 7.80. The number of rotatable bonds is 5. The maximum Gasteiger partial charge on any atom is 0.255 e. The Kier molecular flexibility index (Phi) is 6.14. The van der Waals surface area contributed by atoms with Crippen LogP contribution in [0.15, 0.2) is 42.5 Å². The van der Waals surface area contributed by atoms with Crippen molar-refractivity contribution in [3.63, 3.8) is 0 Å². The molecule has 6 heteroatoms. The van der Waals surface area contributed by atoms with Crippen LogP contribution in [-0.2, 0) is 0 Å². The lowest BCUT2D eigenvalue weighted by atomic mass is 10.1. The van der Waals surface area contributed by atoms with E-state index in [9.17, 15) is 9.90 Å². The van der Waals surface area contributed by atoms with Gasteiger partial charge in [0.25, 0.3) is 5.91 Å². The Morgan fingerprint density at radius 3 is 2.29 bits per heavy atom. The van der Waals surface area contributed by atoms with Crippen LogP contribution in [0.2, 0.25) is 0 Å². The second-order valence-corrected chi connectivity index (χ2v) is 5.83. The van der Waals surface area contributed by atoms with E-state index in [1.165, 1.54) is 6.07 Å². The molecule has 2 rings (SSSR count). The van der Waals surface area contributed by atoms with Gasteiger partial charge in [-0.05, 0) is 49.3 Å². The predicted octanol–water partition coefficient (Wildman–Crippen LogP) is 2.73. The molecule has 0 aliphatic rings. The van der Waals surface area contributed by atoms with Gasteiger partial charge in [0.05, 0.1) is 5.56 Å². The summed E-state index contributed by atoms with van der Waals surface area (Å²) in [7, 11) is 0. The van der Waals surface area contributed by atoms with E-state index in [-0.39, 0.29) is 17.2 Å². The summed E-state index contributed by atoms with van der Waals surface area (Å²) in [5, 5.41) is 19.1. The summed E-state index contributed by atoms with van der Waals surface area (Å²) >= 11 is 5.27. The van der Waals surface area contributed by atoms with Crippen LogP contribution < -0.4 is 16.0 Å². The summed E-state index contributed by atoms with van der Waals surface area (Å²) in [6, 6.07) is 12.5. The van der Waals surface area contributed by atoms with Crippen molar-refractivity contribution in [3.8, 4) is 5.75 Å². The van der Waals surface area contributed by atoms with Crippen molar-refractivity contribution in [3.05, 3.63) is 59.2 Å². The molecule has 2 aromatic carbocycles. The van der Waals surface area contributed by atoms with E-state index < -0.39 is 0 Å². The lowest BCUT2D eigenvalue weighted by Gasteiger charge is -2.15. The number of phenolic OH excluding ortho intramolecular Hbond substituents is 1. The third-order valence-corrected chi connectivity index (χ3v) is 3.81. The molecule has 0 heterocycles. The first-order valence-corrected chi connectivity index (χ1v) is 8.07. The van der Waals surface area contributed by atoms with Crippen LogP contribution in [0.25, 0.3) is 0 Å². The average molecular weight is 343 g/mol. The van der Waals surface area contributed by atoms with Gasteiger partial charge in [0.1, 0.15) is 5.75 Å². The number of aryl methyl sites for hydroxylation is 2. The zero-order valence-electron chi connectivity index (χ0n) is 13.7. The zero-order chi connectivity index (χ0) is 17.5. The summed E-state index contributed by atoms with van der Waals surface area (Å²) in [6.07, 6.45) is 0. The molecule has 0 bridgehead atoms. The van der Waals surface area contributed by atoms with E-state index in [0.29, 0.717) is 18.2 Å². The van der Waals surface area contributed by atoms with Gasteiger partial charge in [-0.3, -0.25) is 4.79 Å². The number of benzene rings is 2. The van der Waals surface area contributed by atoms with Crippen LogP contribution in [0.1, 0.15) is 21.5 Å². The van der Waals surface area contributed by atoms with E-state index in [1.54, 1.807) is 18.2 Å². The summed E-state index contributed by atoms with van der Waals surface area (Å²) in [5.41, 5.74) is 3.49. The van der Waals surface area contributed by atoms with Gasteiger partial charge in [-0.1, -0.05) is 30.3 Å². The van der Waals surface area contributed by atoms with Crippen molar-refractivity contribution >= 4 is 28.9 Å². The molecule has 5 nitrogen and oxygen atoms in total. The largest absolute Gasteiger partial charge is 0.507 e. The summed E-state index contributed by atoms with van der Waals surface area (Å²) in [6.45, 7) is 4.91. The van der Waals surface area contributed by atoms with Crippen molar-refractivity contribution in [2.75, 3.05) is 18.4 Å². The molecule has 2 aromatic rings. The number of nitrogens with one attached hydrogen (secondary N) is 3. The molecular weight excluding hydrogens is 322 g/mol. The third-order valence-electron chi connectivity index (χ3n) is 3.56. The molecule has 0 spiro atoms. The monoisotopic (exact) mass is 343 g/mol. The molecule has 0 aliphatic carbocycles. The normalized spacial score (nSPS) is 10.1. The van der Waals surface area contributed by atoms with Crippen LogP contribution in [0.5, 0.6) is 5.75 Å². The van der Waals surface area contributed by atoms with Crippen LogP contribution >= 0.6 is 12.2 Å². The first-order chi connectivity index (χ1) is 11.5. The average Bonchev–Trinajstić information content (AvgIpc) is 2.55.